The van der Waals surface area contributed by atoms with Crippen LogP contribution < -0.4 is 0 Å². The lowest BCUT2D eigenvalue weighted by Gasteiger charge is -2.14. The maximum absolute atomic E-state index is 11.6. The molecule has 0 fully saturated rings. The molecule has 0 radical (unpaired) electrons. The van der Waals surface area contributed by atoms with E-state index in [2.05, 4.69) is 6.92 Å². The Hall–Kier alpha value is -1.61. The Bertz CT molecular complexity index is 488. The summed E-state index contributed by atoms with van der Waals surface area (Å²) in [4.78, 5) is 11.6. The maximum Gasteiger partial charge on any atom is 0.331 e. The minimum absolute atomic E-state index is 0.0373. The fourth-order valence-corrected chi connectivity index (χ4v) is 2.68. The third-order valence-corrected chi connectivity index (χ3v) is 3.92. The molecule has 0 aromatic heterocycles. The fraction of sp³-hybridized carbons (Fsp3) is 0.500. The number of benzene rings is 1. The lowest BCUT2D eigenvalue weighted by atomic mass is 9.96. The van der Waals surface area contributed by atoms with Crippen molar-refractivity contribution in [2.45, 2.75) is 58.2 Å². The number of carbonyl (C=O) groups excluding carboxylic acids is 1. The van der Waals surface area contributed by atoms with Crippen LogP contribution in [-0.2, 0) is 16.1 Å². The van der Waals surface area contributed by atoms with Crippen LogP contribution in [0, 0.1) is 0 Å². The molecule has 1 atom stereocenters. The monoisotopic (exact) mass is 288 g/mol. The van der Waals surface area contributed by atoms with Gasteiger partial charge < -0.3 is 9.84 Å². The Labute approximate surface area is 126 Å². The van der Waals surface area contributed by atoms with E-state index >= 15 is 0 Å². The van der Waals surface area contributed by atoms with Crippen molar-refractivity contribution in [3.63, 3.8) is 0 Å². The summed E-state index contributed by atoms with van der Waals surface area (Å²) in [5.41, 5.74) is 2.86. The Kier molecular flexibility index (Phi) is 6.00. The summed E-state index contributed by atoms with van der Waals surface area (Å²) in [6, 6.07) is 7.67. The molecule has 3 heteroatoms. The number of ether oxygens (including phenoxy) is 1. The van der Waals surface area contributed by atoms with Gasteiger partial charge in [0.25, 0.3) is 0 Å². The van der Waals surface area contributed by atoms with Crippen molar-refractivity contribution < 1.29 is 14.6 Å². The second-order valence-corrected chi connectivity index (χ2v) is 5.58. The third-order valence-electron chi connectivity index (χ3n) is 3.92. The van der Waals surface area contributed by atoms with E-state index in [0.29, 0.717) is 0 Å². The molecule has 0 aliphatic carbocycles. The lowest BCUT2D eigenvalue weighted by Crippen LogP contribution is -2.11. The number of aliphatic hydroxyl groups is 1. The highest BCUT2D eigenvalue weighted by molar-refractivity contribution is 5.97. The van der Waals surface area contributed by atoms with Crippen LogP contribution in [0.15, 0.2) is 30.3 Å². The number of cyclic esters (lactones) is 1. The highest BCUT2D eigenvalue weighted by Crippen LogP contribution is 2.30. The van der Waals surface area contributed by atoms with Gasteiger partial charge in [-0.05, 0) is 24.0 Å². The van der Waals surface area contributed by atoms with Gasteiger partial charge in [0, 0.05) is 11.6 Å². The molecule has 1 unspecified atom stereocenters. The second-order valence-electron chi connectivity index (χ2n) is 5.58. The first-order chi connectivity index (χ1) is 10.2. The van der Waals surface area contributed by atoms with E-state index in [0.717, 1.165) is 29.5 Å². The first-order valence-electron chi connectivity index (χ1n) is 7.87. The number of esters is 1. The Balaban J connectivity index is 1.95. The average molecular weight is 288 g/mol. The van der Waals surface area contributed by atoms with Crippen molar-refractivity contribution in [1.29, 1.82) is 0 Å². The van der Waals surface area contributed by atoms with E-state index in [1.807, 2.05) is 24.3 Å². The smallest absolute Gasteiger partial charge is 0.331 e. The predicted octanol–water partition coefficient (Wildman–Crippen LogP) is 3.85. The molecule has 21 heavy (non-hydrogen) atoms. The van der Waals surface area contributed by atoms with E-state index in [9.17, 15) is 4.79 Å². The van der Waals surface area contributed by atoms with Crippen LogP contribution in [0.25, 0.3) is 5.57 Å². The number of hydrogen-bond acceptors (Lipinski definition) is 3. The molecule has 0 bridgehead atoms. The highest BCUT2D eigenvalue weighted by Gasteiger charge is 2.26. The van der Waals surface area contributed by atoms with E-state index in [1.54, 1.807) is 6.08 Å². The predicted molar refractivity (Wildman–Crippen MR) is 83.6 cm³/mol. The van der Waals surface area contributed by atoms with Crippen molar-refractivity contribution >= 4 is 11.5 Å². The number of aliphatic hydroxyl groups excluding tert-OH is 1. The Morgan fingerprint density at radius 3 is 2.48 bits per heavy atom. The molecule has 3 nitrogen and oxygen atoms in total. The zero-order valence-corrected chi connectivity index (χ0v) is 12.7. The first-order valence-corrected chi connectivity index (χ1v) is 7.87. The third kappa shape index (κ3) is 4.43. The molecule has 2 rings (SSSR count). The van der Waals surface area contributed by atoms with Crippen LogP contribution in [0.3, 0.4) is 0 Å². The van der Waals surface area contributed by atoms with Gasteiger partial charge in [0.15, 0.2) is 0 Å². The number of carbonyl (C=O) groups is 1. The molecule has 1 aliphatic rings. The van der Waals surface area contributed by atoms with Gasteiger partial charge in [0.1, 0.15) is 6.10 Å². The van der Waals surface area contributed by atoms with E-state index in [1.165, 1.54) is 25.7 Å². The van der Waals surface area contributed by atoms with Gasteiger partial charge in [-0.1, -0.05) is 56.9 Å². The topological polar surface area (TPSA) is 46.5 Å². The molecule has 1 aliphatic heterocycles. The Morgan fingerprint density at radius 2 is 1.81 bits per heavy atom. The van der Waals surface area contributed by atoms with Crippen LogP contribution in [0.4, 0.5) is 0 Å². The molecule has 0 saturated carbocycles. The molecule has 0 spiro atoms. The van der Waals surface area contributed by atoms with Crippen LogP contribution in [0.5, 0.6) is 0 Å². The summed E-state index contributed by atoms with van der Waals surface area (Å²) in [7, 11) is 0. The molecule has 0 saturated heterocycles. The van der Waals surface area contributed by atoms with Crippen molar-refractivity contribution in [2.75, 3.05) is 0 Å². The molecule has 1 N–H and O–H groups in total. The lowest BCUT2D eigenvalue weighted by molar-refractivity contribution is -0.138. The molecular weight excluding hydrogens is 264 g/mol. The zero-order valence-electron chi connectivity index (χ0n) is 12.7. The molecule has 1 aromatic carbocycles. The van der Waals surface area contributed by atoms with Crippen LogP contribution in [0.2, 0.25) is 0 Å². The normalized spacial score (nSPS) is 17.7. The average Bonchev–Trinajstić information content (AvgIpc) is 2.88. The first kappa shape index (κ1) is 15.8. The van der Waals surface area contributed by atoms with Gasteiger partial charge in [0.2, 0.25) is 0 Å². The molecule has 0 amide bonds. The minimum Gasteiger partial charge on any atom is -0.454 e. The summed E-state index contributed by atoms with van der Waals surface area (Å²) in [6.07, 6.45) is 8.42. The number of hydrogen-bond donors (Lipinski definition) is 1. The second kappa shape index (κ2) is 7.99. The SMILES string of the molecule is CCCCCCCC1OC(=O)C=C1c1ccc(CO)cc1. The largest absolute Gasteiger partial charge is 0.454 e. The highest BCUT2D eigenvalue weighted by atomic mass is 16.5. The summed E-state index contributed by atoms with van der Waals surface area (Å²) < 4.78 is 5.41. The van der Waals surface area contributed by atoms with Gasteiger partial charge in [-0.2, -0.15) is 0 Å². The van der Waals surface area contributed by atoms with Gasteiger partial charge in [-0.15, -0.1) is 0 Å². The van der Waals surface area contributed by atoms with Crippen molar-refractivity contribution in [3.8, 4) is 0 Å². The summed E-state index contributed by atoms with van der Waals surface area (Å²) >= 11 is 0. The van der Waals surface area contributed by atoms with E-state index in [-0.39, 0.29) is 18.7 Å². The van der Waals surface area contributed by atoms with Gasteiger partial charge in [-0.3, -0.25) is 0 Å². The molecule has 1 aromatic rings. The minimum atomic E-state index is -0.241. The van der Waals surface area contributed by atoms with Crippen molar-refractivity contribution in [1.82, 2.24) is 0 Å². The quantitative estimate of drug-likeness (QED) is 0.584. The van der Waals surface area contributed by atoms with E-state index in [4.69, 9.17) is 9.84 Å². The van der Waals surface area contributed by atoms with Crippen LogP contribution in [0.1, 0.15) is 56.6 Å². The van der Waals surface area contributed by atoms with Crippen LogP contribution in [-0.4, -0.2) is 17.2 Å². The summed E-state index contributed by atoms with van der Waals surface area (Å²) in [6.45, 7) is 2.24. The summed E-state index contributed by atoms with van der Waals surface area (Å²) in [5, 5.41) is 9.08. The number of unbranched alkanes of at least 4 members (excludes halogenated alkanes) is 4. The zero-order chi connectivity index (χ0) is 15.1. The molecular formula is C18H24O3. The maximum atomic E-state index is 11.6. The fourth-order valence-electron chi connectivity index (χ4n) is 2.68. The van der Waals surface area contributed by atoms with E-state index < -0.39 is 0 Å². The number of rotatable bonds is 8. The molecule has 1 heterocycles. The Morgan fingerprint density at radius 1 is 1.10 bits per heavy atom. The van der Waals surface area contributed by atoms with Crippen molar-refractivity contribution in [2.24, 2.45) is 0 Å². The summed E-state index contributed by atoms with van der Waals surface area (Å²) in [5.74, 6) is -0.241. The van der Waals surface area contributed by atoms with Gasteiger partial charge >= 0.3 is 5.97 Å². The van der Waals surface area contributed by atoms with Gasteiger partial charge in [-0.25, -0.2) is 4.79 Å². The molecule has 114 valence electrons. The van der Waals surface area contributed by atoms with Gasteiger partial charge in [0.05, 0.1) is 6.61 Å². The van der Waals surface area contributed by atoms with Crippen molar-refractivity contribution in [3.05, 3.63) is 41.5 Å². The van der Waals surface area contributed by atoms with Crippen LogP contribution >= 0.6 is 0 Å². The standard InChI is InChI=1S/C18H24O3/c1-2-3-4-5-6-7-17-16(12-18(20)21-17)15-10-8-14(13-19)9-11-15/h8-12,17,19H,2-7,13H2,1H3.